The van der Waals surface area contributed by atoms with E-state index < -0.39 is 0 Å². The highest BCUT2D eigenvalue weighted by Gasteiger charge is 2.11. The summed E-state index contributed by atoms with van der Waals surface area (Å²) >= 11 is 6.44. The molecular formula is C10H6Br2FNO. The molecule has 0 spiro atoms. The van der Waals surface area contributed by atoms with Crippen LogP contribution in [0.4, 0.5) is 4.39 Å². The average molecular weight is 335 g/mol. The maximum atomic E-state index is 13.2. The number of nitrogens with zero attached hydrogens (tertiary/aromatic N) is 1. The first kappa shape index (κ1) is 10.8. The molecule has 1 aromatic heterocycles. The van der Waals surface area contributed by atoms with Gasteiger partial charge in [0.2, 0.25) is 0 Å². The number of hydrogen-bond acceptors (Lipinski definition) is 2. The number of rotatable bonds is 2. The second-order valence-corrected chi connectivity index (χ2v) is 4.27. The number of benzene rings is 1. The van der Waals surface area contributed by atoms with E-state index in [1.54, 1.807) is 18.2 Å². The van der Waals surface area contributed by atoms with Crippen molar-refractivity contribution in [1.82, 2.24) is 5.16 Å². The van der Waals surface area contributed by atoms with Gasteiger partial charge in [0.05, 0.1) is 9.80 Å². The van der Waals surface area contributed by atoms with Crippen molar-refractivity contribution < 1.29 is 8.91 Å². The van der Waals surface area contributed by atoms with E-state index in [1.807, 2.05) is 0 Å². The van der Waals surface area contributed by atoms with E-state index in [0.29, 0.717) is 26.8 Å². The zero-order chi connectivity index (χ0) is 10.8. The molecule has 0 radical (unpaired) electrons. The minimum atomic E-state index is -0.309. The quantitative estimate of drug-likeness (QED) is 0.771. The van der Waals surface area contributed by atoms with Gasteiger partial charge in [0, 0.05) is 11.6 Å². The summed E-state index contributed by atoms with van der Waals surface area (Å²) in [5, 5.41) is 4.45. The van der Waals surface area contributed by atoms with Crippen molar-refractivity contribution in [3.63, 3.8) is 0 Å². The third kappa shape index (κ3) is 2.13. The summed E-state index contributed by atoms with van der Waals surface area (Å²) in [4.78, 5) is 0. The number of aromatic nitrogens is 1. The molecular weight excluding hydrogens is 329 g/mol. The molecule has 1 heterocycles. The molecule has 0 bridgehead atoms. The maximum absolute atomic E-state index is 13.2. The van der Waals surface area contributed by atoms with E-state index in [0.717, 1.165) is 0 Å². The predicted molar refractivity (Wildman–Crippen MR) is 62.2 cm³/mol. The Morgan fingerprint density at radius 2 is 2.20 bits per heavy atom. The molecule has 0 aliphatic heterocycles. The van der Waals surface area contributed by atoms with E-state index in [2.05, 4.69) is 37.0 Å². The van der Waals surface area contributed by atoms with Crippen molar-refractivity contribution in [2.24, 2.45) is 0 Å². The van der Waals surface area contributed by atoms with Crippen LogP contribution in [-0.4, -0.2) is 5.16 Å². The lowest BCUT2D eigenvalue weighted by molar-refractivity contribution is 0.398. The lowest BCUT2D eigenvalue weighted by atomic mass is 10.1. The summed E-state index contributed by atoms with van der Waals surface area (Å²) in [6, 6.07) is 6.58. The topological polar surface area (TPSA) is 26.0 Å². The van der Waals surface area contributed by atoms with Crippen LogP contribution in [0.5, 0.6) is 0 Å². The number of halogens is 3. The van der Waals surface area contributed by atoms with Gasteiger partial charge in [0.15, 0.2) is 0 Å². The molecule has 0 aliphatic carbocycles. The third-order valence-corrected chi connectivity index (χ3v) is 3.28. The van der Waals surface area contributed by atoms with Crippen molar-refractivity contribution in [1.29, 1.82) is 0 Å². The summed E-state index contributed by atoms with van der Waals surface area (Å²) in [7, 11) is 0. The molecule has 1 aromatic carbocycles. The van der Waals surface area contributed by atoms with Gasteiger partial charge in [-0.25, -0.2) is 4.39 Å². The predicted octanol–water partition coefficient (Wildman–Crippen LogP) is 4.14. The minimum absolute atomic E-state index is 0.309. The van der Waals surface area contributed by atoms with Gasteiger partial charge in [-0.05, 0) is 22.0 Å². The van der Waals surface area contributed by atoms with Crippen LogP contribution in [0, 0.1) is 5.82 Å². The SMILES string of the molecule is Fc1cccc(-c2cc(CBr)on2)c1Br. The first-order valence-electron chi connectivity index (χ1n) is 4.18. The van der Waals surface area contributed by atoms with Crippen LogP contribution in [0.1, 0.15) is 5.76 Å². The Morgan fingerprint density at radius 3 is 2.87 bits per heavy atom. The van der Waals surface area contributed by atoms with E-state index in [4.69, 9.17) is 4.52 Å². The molecule has 0 amide bonds. The average Bonchev–Trinajstić information content (AvgIpc) is 2.70. The molecule has 2 rings (SSSR count). The van der Waals surface area contributed by atoms with E-state index in [-0.39, 0.29) is 5.82 Å². The Labute approximate surface area is 103 Å². The highest BCUT2D eigenvalue weighted by atomic mass is 79.9. The normalized spacial score (nSPS) is 10.6. The minimum Gasteiger partial charge on any atom is -0.360 e. The van der Waals surface area contributed by atoms with Gasteiger partial charge in [-0.15, -0.1) is 0 Å². The Hall–Kier alpha value is -0.680. The van der Waals surface area contributed by atoms with Gasteiger partial charge < -0.3 is 4.52 Å². The second kappa shape index (κ2) is 4.45. The second-order valence-electron chi connectivity index (χ2n) is 2.91. The zero-order valence-corrected chi connectivity index (χ0v) is 10.7. The lowest BCUT2D eigenvalue weighted by Crippen LogP contribution is -1.83. The lowest BCUT2D eigenvalue weighted by Gasteiger charge is -1.99. The van der Waals surface area contributed by atoms with Crippen molar-refractivity contribution in [2.75, 3.05) is 0 Å². The molecule has 2 nitrogen and oxygen atoms in total. The van der Waals surface area contributed by atoms with Crippen LogP contribution in [0.3, 0.4) is 0 Å². The molecule has 0 fully saturated rings. The van der Waals surface area contributed by atoms with Gasteiger partial charge in [-0.1, -0.05) is 33.2 Å². The summed E-state index contributed by atoms with van der Waals surface area (Å²) in [6.45, 7) is 0. The Morgan fingerprint density at radius 1 is 1.40 bits per heavy atom. The smallest absolute Gasteiger partial charge is 0.147 e. The monoisotopic (exact) mass is 333 g/mol. The molecule has 5 heteroatoms. The van der Waals surface area contributed by atoms with Crippen LogP contribution in [0.25, 0.3) is 11.3 Å². The van der Waals surface area contributed by atoms with Gasteiger partial charge in [-0.2, -0.15) is 0 Å². The Bertz CT molecular complexity index is 484. The summed E-state index contributed by atoms with van der Waals surface area (Å²) in [6.07, 6.45) is 0. The van der Waals surface area contributed by atoms with Crippen LogP contribution in [-0.2, 0) is 5.33 Å². The standard InChI is InChI=1S/C10H6Br2FNO/c11-5-6-4-9(14-15-6)7-2-1-3-8(13)10(7)12/h1-4H,5H2. The van der Waals surface area contributed by atoms with Crippen LogP contribution >= 0.6 is 31.9 Å². The Balaban J connectivity index is 2.49. The molecule has 0 saturated heterocycles. The molecule has 0 atom stereocenters. The molecule has 0 unspecified atom stereocenters. The molecule has 0 saturated carbocycles. The number of hydrogen-bond donors (Lipinski definition) is 0. The fraction of sp³-hybridized carbons (Fsp3) is 0.100. The van der Waals surface area contributed by atoms with Crippen LogP contribution in [0.15, 0.2) is 33.3 Å². The summed E-state index contributed by atoms with van der Waals surface area (Å²) in [5.41, 5.74) is 1.31. The molecule has 0 aliphatic rings. The molecule has 78 valence electrons. The largest absolute Gasteiger partial charge is 0.360 e. The first-order valence-corrected chi connectivity index (χ1v) is 6.09. The van der Waals surface area contributed by atoms with Gasteiger partial charge in [-0.3, -0.25) is 0 Å². The van der Waals surface area contributed by atoms with Crippen molar-refractivity contribution in [3.8, 4) is 11.3 Å². The third-order valence-electron chi connectivity index (χ3n) is 1.92. The fourth-order valence-corrected chi connectivity index (χ4v) is 1.94. The highest BCUT2D eigenvalue weighted by Crippen LogP contribution is 2.30. The van der Waals surface area contributed by atoms with Crippen LogP contribution in [0.2, 0.25) is 0 Å². The zero-order valence-electron chi connectivity index (χ0n) is 7.51. The van der Waals surface area contributed by atoms with Crippen LogP contribution < -0.4 is 0 Å². The summed E-state index contributed by atoms with van der Waals surface area (Å²) < 4.78 is 18.7. The first-order chi connectivity index (χ1) is 7.22. The van der Waals surface area contributed by atoms with Gasteiger partial charge in [0.25, 0.3) is 0 Å². The van der Waals surface area contributed by atoms with E-state index >= 15 is 0 Å². The van der Waals surface area contributed by atoms with Crippen molar-refractivity contribution >= 4 is 31.9 Å². The van der Waals surface area contributed by atoms with Crippen molar-refractivity contribution in [3.05, 3.63) is 40.3 Å². The van der Waals surface area contributed by atoms with Gasteiger partial charge >= 0.3 is 0 Å². The summed E-state index contributed by atoms with van der Waals surface area (Å²) in [5.74, 6) is 0.400. The molecule has 2 aromatic rings. The Kier molecular flexibility index (Phi) is 3.21. The molecule has 15 heavy (non-hydrogen) atoms. The fourth-order valence-electron chi connectivity index (χ4n) is 1.20. The number of alkyl halides is 1. The van der Waals surface area contributed by atoms with Crippen molar-refractivity contribution in [2.45, 2.75) is 5.33 Å². The van der Waals surface area contributed by atoms with Gasteiger partial charge in [0.1, 0.15) is 17.3 Å². The van der Waals surface area contributed by atoms with E-state index in [1.165, 1.54) is 6.07 Å². The maximum Gasteiger partial charge on any atom is 0.147 e. The molecule has 0 N–H and O–H groups in total. The highest BCUT2D eigenvalue weighted by molar-refractivity contribution is 9.10. The van der Waals surface area contributed by atoms with E-state index in [9.17, 15) is 4.39 Å².